The maximum atomic E-state index is 13.1. The van der Waals surface area contributed by atoms with Gasteiger partial charge in [-0.25, -0.2) is 9.78 Å². The molecule has 1 N–H and O–H groups in total. The Morgan fingerprint density at radius 2 is 1.95 bits per heavy atom. The van der Waals surface area contributed by atoms with Gasteiger partial charge >= 0.3 is 18.2 Å². The van der Waals surface area contributed by atoms with E-state index in [9.17, 15) is 27.9 Å². The molecule has 2 aliphatic rings. The Morgan fingerprint density at radius 3 is 2.58 bits per heavy atom. The lowest BCUT2D eigenvalue weighted by atomic mass is 9.97. The Hall–Kier alpha value is -3.77. The van der Waals surface area contributed by atoms with Crippen LogP contribution in [0.3, 0.4) is 0 Å². The largest absolute Gasteiger partial charge is 0.481 e. The van der Waals surface area contributed by atoms with Gasteiger partial charge in [-0.1, -0.05) is 6.07 Å². The molecule has 1 fully saturated rings. The molecule has 0 unspecified atom stereocenters. The molecule has 4 heterocycles. The number of carboxylic acid groups (broad SMARTS) is 1. The zero-order valence-electron chi connectivity index (χ0n) is 21.1. The van der Waals surface area contributed by atoms with Crippen molar-refractivity contribution in [2.75, 3.05) is 31.6 Å². The number of ether oxygens (including phenoxy) is 1. The first-order chi connectivity index (χ1) is 18.1. The van der Waals surface area contributed by atoms with E-state index in [1.807, 2.05) is 28.5 Å². The number of carboxylic acids is 1. The van der Waals surface area contributed by atoms with Crippen molar-refractivity contribution in [3.05, 3.63) is 41.2 Å². The molecule has 0 aliphatic carbocycles. The van der Waals surface area contributed by atoms with Gasteiger partial charge in [0.15, 0.2) is 0 Å². The second kappa shape index (κ2) is 9.84. The SMILES string of the molecule is COC(=O)N1CCc2ccc3c(nc(N4CCC(C(=O)O)CC4)n3[C@@H](C)Cn3cc(C(F)(F)F)cn3)c2C1. The monoisotopic (exact) mass is 534 g/mol. The van der Waals surface area contributed by atoms with Crippen molar-refractivity contribution in [3.63, 3.8) is 0 Å². The third-order valence-corrected chi connectivity index (χ3v) is 7.46. The Morgan fingerprint density at radius 1 is 1.21 bits per heavy atom. The molecule has 0 radical (unpaired) electrons. The van der Waals surface area contributed by atoms with Crippen LogP contribution in [0.2, 0.25) is 0 Å². The lowest BCUT2D eigenvalue weighted by Crippen LogP contribution is -2.38. The number of aromatic nitrogens is 4. The highest BCUT2D eigenvalue weighted by molar-refractivity contribution is 5.84. The van der Waals surface area contributed by atoms with Gasteiger partial charge in [0, 0.05) is 31.4 Å². The number of carbonyl (C=O) groups is 2. The van der Waals surface area contributed by atoms with E-state index in [0.29, 0.717) is 51.4 Å². The van der Waals surface area contributed by atoms with Gasteiger partial charge in [0.2, 0.25) is 5.95 Å². The number of benzene rings is 1. The van der Waals surface area contributed by atoms with E-state index in [1.165, 1.54) is 11.8 Å². The van der Waals surface area contributed by atoms with Crippen molar-refractivity contribution in [3.8, 4) is 0 Å². The van der Waals surface area contributed by atoms with Crippen LogP contribution in [0.5, 0.6) is 0 Å². The standard InChI is InChI=1S/C25H29F3N6O4/c1-15(12-33-13-18(11-29-33)25(26,27)28)34-20-4-3-16-5-10-32(24(37)38-2)14-19(16)21(20)30-23(34)31-8-6-17(7-9-31)22(35)36/h3-4,11,13,15,17H,5-10,12,14H2,1-2H3,(H,35,36)/t15-/m0/s1. The third-order valence-electron chi connectivity index (χ3n) is 7.46. The molecule has 13 heteroatoms. The van der Waals surface area contributed by atoms with E-state index in [-0.39, 0.29) is 12.6 Å². The molecule has 1 atom stereocenters. The summed E-state index contributed by atoms with van der Waals surface area (Å²) in [5, 5.41) is 13.3. The average molecular weight is 535 g/mol. The number of nitrogens with zero attached hydrogens (tertiary/aromatic N) is 6. The first-order valence-corrected chi connectivity index (χ1v) is 12.5. The molecule has 0 bridgehead atoms. The minimum Gasteiger partial charge on any atom is -0.481 e. The quantitative estimate of drug-likeness (QED) is 0.529. The number of anilines is 1. The summed E-state index contributed by atoms with van der Waals surface area (Å²) < 4.78 is 47.6. The van der Waals surface area contributed by atoms with Crippen LogP contribution in [0.25, 0.3) is 11.0 Å². The Bertz CT molecular complexity index is 1360. The summed E-state index contributed by atoms with van der Waals surface area (Å²) in [6.45, 7) is 3.90. The van der Waals surface area contributed by atoms with Crippen molar-refractivity contribution in [2.45, 2.75) is 51.5 Å². The Labute approximate surface area is 216 Å². The number of fused-ring (bicyclic) bond motifs is 3. The van der Waals surface area contributed by atoms with Crippen LogP contribution in [0.1, 0.15) is 42.5 Å². The van der Waals surface area contributed by atoms with Crippen molar-refractivity contribution >= 4 is 29.0 Å². The molecule has 3 aromatic rings. The molecular formula is C25H29F3N6O4. The summed E-state index contributed by atoms with van der Waals surface area (Å²) in [6.07, 6.45) is -1.51. The number of aliphatic carboxylic acids is 1. The number of hydrogen-bond donors (Lipinski definition) is 1. The maximum Gasteiger partial charge on any atom is 0.419 e. The van der Waals surface area contributed by atoms with E-state index < -0.39 is 29.7 Å². The number of piperidine rings is 1. The number of rotatable bonds is 5. The topological polar surface area (TPSA) is 106 Å². The Balaban J connectivity index is 1.54. The van der Waals surface area contributed by atoms with Crippen LogP contribution < -0.4 is 4.90 Å². The summed E-state index contributed by atoms with van der Waals surface area (Å²) in [5.74, 6) is -0.612. The molecule has 1 amide bonds. The number of carbonyl (C=O) groups excluding carboxylic acids is 1. The fourth-order valence-corrected chi connectivity index (χ4v) is 5.41. The molecule has 1 aromatic carbocycles. The second-order valence-corrected chi connectivity index (χ2v) is 9.89. The number of imidazole rings is 1. The van der Waals surface area contributed by atoms with E-state index >= 15 is 0 Å². The average Bonchev–Trinajstić information content (AvgIpc) is 3.53. The van der Waals surface area contributed by atoms with Crippen molar-refractivity contribution in [2.24, 2.45) is 5.92 Å². The minimum atomic E-state index is -4.48. The summed E-state index contributed by atoms with van der Waals surface area (Å²) >= 11 is 0. The minimum absolute atomic E-state index is 0.172. The second-order valence-electron chi connectivity index (χ2n) is 9.89. The predicted molar refractivity (Wildman–Crippen MR) is 131 cm³/mol. The van der Waals surface area contributed by atoms with Crippen molar-refractivity contribution in [1.82, 2.24) is 24.2 Å². The summed E-state index contributed by atoms with van der Waals surface area (Å²) in [4.78, 5) is 32.4. The van der Waals surface area contributed by atoms with Crippen molar-refractivity contribution in [1.29, 1.82) is 0 Å². The van der Waals surface area contributed by atoms with Crippen molar-refractivity contribution < 1.29 is 32.6 Å². The van der Waals surface area contributed by atoms with Gasteiger partial charge in [0.1, 0.15) is 0 Å². The van der Waals surface area contributed by atoms with Gasteiger partial charge < -0.3 is 24.2 Å². The number of halogens is 3. The molecule has 2 aromatic heterocycles. The van der Waals surface area contributed by atoms with Gasteiger partial charge in [-0.05, 0) is 37.8 Å². The zero-order valence-corrected chi connectivity index (χ0v) is 21.1. The first-order valence-electron chi connectivity index (χ1n) is 12.5. The zero-order chi connectivity index (χ0) is 27.2. The Kier molecular flexibility index (Phi) is 6.70. The molecule has 5 rings (SSSR count). The molecule has 0 spiro atoms. The summed E-state index contributed by atoms with van der Waals surface area (Å²) in [7, 11) is 1.34. The summed E-state index contributed by atoms with van der Waals surface area (Å²) in [6, 6.07) is 3.64. The highest BCUT2D eigenvalue weighted by atomic mass is 19.4. The molecule has 2 aliphatic heterocycles. The van der Waals surface area contributed by atoms with Crippen LogP contribution in [-0.4, -0.2) is 68.1 Å². The van der Waals surface area contributed by atoms with Crippen LogP contribution in [0.15, 0.2) is 24.5 Å². The fourth-order valence-electron chi connectivity index (χ4n) is 5.41. The van der Waals surface area contributed by atoms with Gasteiger partial charge in [0.05, 0.1) is 55.0 Å². The molecule has 10 nitrogen and oxygen atoms in total. The molecule has 0 saturated carbocycles. The molecule has 204 valence electrons. The lowest BCUT2D eigenvalue weighted by molar-refractivity contribution is -0.142. The maximum absolute atomic E-state index is 13.1. The summed E-state index contributed by atoms with van der Waals surface area (Å²) in [5.41, 5.74) is 2.68. The normalized spacial score (nSPS) is 17.5. The first kappa shape index (κ1) is 25.9. The van der Waals surface area contributed by atoms with Gasteiger partial charge in [-0.3, -0.25) is 9.48 Å². The van der Waals surface area contributed by atoms with E-state index in [4.69, 9.17) is 9.72 Å². The fraction of sp³-hybridized carbons (Fsp3) is 0.520. The number of alkyl halides is 3. The highest BCUT2D eigenvalue weighted by Gasteiger charge is 2.33. The van der Waals surface area contributed by atoms with Crippen LogP contribution in [0, 0.1) is 5.92 Å². The van der Waals surface area contributed by atoms with Gasteiger partial charge in [0.25, 0.3) is 0 Å². The highest BCUT2D eigenvalue weighted by Crippen LogP contribution is 2.35. The van der Waals surface area contributed by atoms with Gasteiger partial charge in [-0.15, -0.1) is 0 Å². The smallest absolute Gasteiger partial charge is 0.419 e. The number of hydrogen-bond acceptors (Lipinski definition) is 6. The molecular weight excluding hydrogens is 505 g/mol. The predicted octanol–water partition coefficient (Wildman–Crippen LogP) is 3.94. The van der Waals surface area contributed by atoms with Crippen LogP contribution in [-0.2, 0) is 35.2 Å². The van der Waals surface area contributed by atoms with Crippen LogP contribution >= 0.6 is 0 Å². The van der Waals surface area contributed by atoms with Crippen LogP contribution in [0.4, 0.5) is 23.9 Å². The van der Waals surface area contributed by atoms with E-state index in [1.54, 1.807) is 4.90 Å². The number of methoxy groups -OCH3 is 1. The molecule has 38 heavy (non-hydrogen) atoms. The van der Waals surface area contributed by atoms with E-state index in [2.05, 4.69) is 5.10 Å². The number of amides is 1. The molecule has 1 saturated heterocycles. The lowest BCUT2D eigenvalue weighted by Gasteiger charge is -2.32. The van der Waals surface area contributed by atoms with E-state index in [0.717, 1.165) is 34.6 Å². The third kappa shape index (κ3) is 4.76. The van der Waals surface area contributed by atoms with Gasteiger partial charge in [-0.2, -0.15) is 18.3 Å².